The zero-order valence-corrected chi connectivity index (χ0v) is 13.0. The fourth-order valence-corrected chi connectivity index (χ4v) is 2.64. The number of pyridine rings is 1. The molecule has 1 aromatic heterocycles. The number of benzene rings is 1. The van der Waals surface area contributed by atoms with Crippen LogP contribution in [0.4, 0.5) is 11.5 Å². The van der Waals surface area contributed by atoms with E-state index < -0.39 is 0 Å². The number of amides is 1. The van der Waals surface area contributed by atoms with Crippen molar-refractivity contribution >= 4 is 33.3 Å². The molecule has 108 valence electrons. The Hall–Kier alpha value is -2.08. The number of hydrogen-bond donors (Lipinski definition) is 2. The number of ether oxygens (including phenoxy) is 1. The quantitative estimate of drug-likeness (QED) is 0.875. The van der Waals surface area contributed by atoms with Crippen LogP contribution in [-0.4, -0.2) is 24.0 Å². The molecule has 0 bridgehead atoms. The highest BCUT2D eigenvalue weighted by Gasteiger charge is 2.19. The first-order valence-corrected chi connectivity index (χ1v) is 7.37. The molecule has 2 heterocycles. The number of aryl methyl sites for hydroxylation is 1. The molecule has 0 saturated carbocycles. The lowest BCUT2D eigenvalue weighted by molar-refractivity contribution is 0.102. The number of nitrogens with zero attached hydrogens (tertiary/aromatic N) is 1. The standard InChI is InChI=1S/C15H14BrN3O2/c1-9-7-10(16)8-18-14(9)19-15(20)11-3-2-4-12-13(11)21-6-5-17-12/h2-4,7-8,17H,5-6H2,1H3,(H,18,19,20). The summed E-state index contributed by atoms with van der Waals surface area (Å²) >= 11 is 3.35. The Balaban J connectivity index is 1.89. The van der Waals surface area contributed by atoms with Gasteiger partial charge in [0.1, 0.15) is 12.4 Å². The van der Waals surface area contributed by atoms with Crippen molar-refractivity contribution in [1.29, 1.82) is 0 Å². The molecule has 6 heteroatoms. The summed E-state index contributed by atoms with van der Waals surface area (Å²) in [5, 5.41) is 6.04. The predicted octanol–water partition coefficient (Wildman–Crippen LogP) is 3.21. The van der Waals surface area contributed by atoms with Gasteiger partial charge in [-0.25, -0.2) is 4.98 Å². The van der Waals surface area contributed by atoms with Gasteiger partial charge < -0.3 is 15.4 Å². The minimum Gasteiger partial charge on any atom is -0.489 e. The van der Waals surface area contributed by atoms with Crippen molar-refractivity contribution in [2.75, 3.05) is 23.8 Å². The van der Waals surface area contributed by atoms with E-state index in [2.05, 4.69) is 31.5 Å². The first-order chi connectivity index (χ1) is 10.1. The lowest BCUT2D eigenvalue weighted by Gasteiger charge is -2.21. The summed E-state index contributed by atoms with van der Waals surface area (Å²) in [7, 11) is 0. The first-order valence-electron chi connectivity index (χ1n) is 6.58. The molecule has 0 saturated heterocycles. The monoisotopic (exact) mass is 347 g/mol. The Bertz CT molecular complexity index is 703. The fraction of sp³-hybridized carbons (Fsp3) is 0.200. The molecule has 0 radical (unpaired) electrons. The van der Waals surface area contributed by atoms with Crippen molar-refractivity contribution in [3.63, 3.8) is 0 Å². The van der Waals surface area contributed by atoms with Gasteiger partial charge in [-0.15, -0.1) is 0 Å². The number of para-hydroxylation sites is 1. The van der Waals surface area contributed by atoms with Crippen molar-refractivity contribution in [1.82, 2.24) is 4.98 Å². The normalized spacial score (nSPS) is 12.9. The average Bonchev–Trinajstić information content (AvgIpc) is 2.49. The zero-order chi connectivity index (χ0) is 14.8. The fourth-order valence-electron chi connectivity index (χ4n) is 2.20. The van der Waals surface area contributed by atoms with E-state index in [1.54, 1.807) is 12.3 Å². The summed E-state index contributed by atoms with van der Waals surface area (Å²) in [5.41, 5.74) is 2.24. The molecule has 3 rings (SSSR count). The lowest BCUT2D eigenvalue weighted by Crippen LogP contribution is -2.22. The molecule has 1 aliphatic rings. The van der Waals surface area contributed by atoms with Crippen LogP contribution in [-0.2, 0) is 0 Å². The summed E-state index contributed by atoms with van der Waals surface area (Å²) < 4.78 is 6.49. The third-order valence-corrected chi connectivity index (χ3v) is 3.63. The molecule has 0 atom stereocenters. The predicted molar refractivity (Wildman–Crippen MR) is 85.1 cm³/mol. The number of rotatable bonds is 2. The Kier molecular flexibility index (Phi) is 3.79. The summed E-state index contributed by atoms with van der Waals surface area (Å²) in [6, 6.07) is 7.38. The maximum absolute atomic E-state index is 12.5. The summed E-state index contributed by atoms with van der Waals surface area (Å²) in [5.74, 6) is 0.911. The molecule has 0 spiro atoms. The summed E-state index contributed by atoms with van der Waals surface area (Å²) in [6.07, 6.45) is 1.65. The van der Waals surface area contributed by atoms with Gasteiger partial charge in [-0.05, 0) is 46.6 Å². The van der Waals surface area contributed by atoms with E-state index in [4.69, 9.17) is 4.74 Å². The van der Waals surface area contributed by atoms with Gasteiger partial charge in [-0.2, -0.15) is 0 Å². The van der Waals surface area contributed by atoms with Crippen LogP contribution in [0, 0.1) is 6.92 Å². The molecular formula is C15H14BrN3O2. The van der Waals surface area contributed by atoms with Gasteiger partial charge in [0.05, 0.1) is 11.3 Å². The molecule has 1 aliphatic heterocycles. The average molecular weight is 348 g/mol. The van der Waals surface area contributed by atoms with E-state index in [-0.39, 0.29) is 5.91 Å². The highest BCUT2D eigenvalue weighted by molar-refractivity contribution is 9.10. The minimum absolute atomic E-state index is 0.228. The number of nitrogens with one attached hydrogen (secondary N) is 2. The molecule has 5 nitrogen and oxygen atoms in total. The second kappa shape index (κ2) is 5.73. The van der Waals surface area contributed by atoms with Gasteiger partial charge in [0.2, 0.25) is 0 Å². The van der Waals surface area contributed by atoms with Crippen LogP contribution in [0.2, 0.25) is 0 Å². The third kappa shape index (κ3) is 2.85. The number of aromatic nitrogens is 1. The molecule has 1 amide bonds. The Morgan fingerprint density at radius 3 is 3.14 bits per heavy atom. The van der Waals surface area contributed by atoms with E-state index in [1.165, 1.54) is 0 Å². The van der Waals surface area contributed by atoms with Gasteiger partial charge in [0.25, 0.3) is 5.91 Å². The maximum Gasteiger partial charge on any atom is 0.260 e. The number of carbonyl (C=O) groups is 1. The van der Waals surface area contributed by atoms with E-state index in [0.29, 0.717) is 23.7 Å². The van der Waals surface area contributed by atoms with Crippen LogP contribution < -0.4 is 15.4 Å². The Labute approximate surface area is 130 Å². The van der Waals surface area contributed by atoms with E-state index in [0.717, 1.165) is 22.3 Å². The maximum atomic E-state index is 12.5. The molecule has 0 fully saturated rings. The molecule has 2 N–H and O–H groups in total. The van der Waals surface area contributed by atoms with E-state index >= 15 is 0 Å². The lowest BCUT2D eigenvalue weighted by atomic mass is 10.1. The molecule has 0 aliphatic carbocycles. The van der Waals surface area contributed by atoms with Crippen LogP contribution in [0.1, 0.15) is 15.9 Å². The molecule has 2 aromatic rings. The van der Waals surface area contributed by atoms with Crippen molar-refractivity contribution in [3.8, 4) is 5.75 Å². The second-order valence-electron chi connectivity index (χ2n) is 4.73. The molecular weight excluding hydrogens is 334 g/mol. The molecule has 21 heavy (non-hydrogen) atoms. The van der Waals surface area contributed by atoms with Crippen LogP contribution in [0.3, 0.4) is 0 Å². The van der Waals surface area contributed by atoms with Crippen molar-refractivity contribution in [3.05, 3.63) is 46.1 Å². The van der Waals surface area contributed by atoms with Gasteiger partial charge in [-0.3, -0.25) is 4.79 Å². The number of fused-ring (bicyclic) bond motifs is 1. The summed E-state index contributed by atoms with van der Waals surface area (Å²) in [4.78, 5) is 16.7. The highest BCUT2D eigenvalue weighted by Crippen LogP contribution is 2.31. The van der Waals surface area contributed by atoms with Crippen molar-refractivity contribution in [2.45, 2.75) is 6.92 Å². The largest absolute Gasteiger partial charge is 0.489 e. The number of halogens is 1. The number of hydrogen-bond acceptors (Lipinski definition) is 4. The Morgan fingerprint density at radius 2 is 2.33 bits per heavy atom. The molecule has 0 unspecified atom stereocenters. The highest BCUT2D eigenvalue weighted by atomic mass is 79.9. The van der Waals surface area contributed by atoms with Crippen LogP contribution in [0.15, 0.2) is 34.9 Å². The van der Waals surface area contributed by atoms with Crippen LogP contribution in [0.25, 0.3) is 0 Å². The first kappa shape index (κ1) is 13.9. The van der Waals surface area contributed by atoms with Gasteiger partial charge in [-0.1, -0.05) is 6.07 Å². The topological polar surface area (TPSA) is 63.2 Å². The number of carbonyl (C=O) groups excluding carboxylic acids is 1. The van der Waals surface area contributed by atoms with Crippen molar-refractivity contribution < 1.29 is 9.53 Å². The smallest absolute Gasteiger partial charge is 0.260 e. The van der Waals surface area contributed by atoms with E-state index in [9.17, 15) is 4.79 Å². The SMILES string of the molecule is Cc1cc(Br)cnc1NC(=O)c1cccc2c1OCCN2. The summed E-state index contributed by atoms with van der Waals surface area (Å²) in [6.45, 7) is 3.18. The number of anilines is 2. The second-order valence-corrected chi connectivity index (χ2v) is 5.65. The zero-order valence-electron chi connectivity index (χ0n) is 11.4. The van der Waals surface area contributed by atoms with Gasteiger partial charge in [0.15, 0.2) is 5.75 Å². The van der Waals surface area contributed by atoms with Gasteiger partial charge in [0, 0.05) is 17.2 Å². The van der Waals surface area contributed by atoms with E-state index in [1.807, 2.05) is 25.1 Å². The minimum atomic E-state index is -0.228. The van der Waals surface area contributed by atoms with Crippen LogP contribution >= 0.6 is 15.9 Å². The van der Waals surface area contributed by atoms with Crippen LogP contribution in [0.5, 0.6) is 5.75 Å². The third-order valence-electron chi connectivity index (χ3n) is 3.20. The molecule has 1 aromatic carbocycles. The van der Waals surface area contributed by atoms with Crippen molar-refractivity contribution in [2.24, 2.45) is 0 Å². The van der Waals surface area contributed by atoms with Gasteiger partial charge >= 0.3 is 0 Å². The Morgan fingerprint density at radius 1 is 1.48 bits per heavy atom.